The summed E-state index contributed by atoms with van der Waals surface area (Å²) < 4.78 is 5.58. The van der Waals surface area contributed by atoms with E-state index in [0.29, 0.717) is 31.2 Å². The highest BCUT2D eigenvalue weighted by Crippen LogP contribution is 2.12. The zero-order valence-corrected chi connectivity index (χ0v) is 18.1. The number of hydrogen-bond donors (Lipinski definition) is 0. The van der Waals surface area contributed by atoms with Crippen LogP contribution in [0.15, 0.2) is 59.2 Å². The predicted molar refractivity (Wildman–Crippen MR) is 120 cm³/mol. The first-order valence-electron chi connectivity index (χ1n) is 10.6. The maximum atomic E-state index is 12.6. The van der Waals surface area contributed by atoms with Crippen LogP contribution >= 0.6 is 0 Å². The monoisotopic (exact) mass is 408 g/mol. The van der Waals surface area contributed by atoms with Crippen LogP contribution in [0.4, 0.5) is 0 Å². The van der Waals surface area contributed by atoms with Gasteiger partial charge in [0.2, 0.25) is 5.89 Å². The SMILES string of the molecule is C=C(C)CN(CC)C(=O)c1coc(CN2CCN(CC=Cc3ccccc3)CC2)n1. The first-order chi connectivity index (χ1) is 14.5. The third kappa shape index (κ3) is 6.40. The molecule has 0 radical (unpaired) electrons. The standard InChI is InChI=1S/C24H32N4O2/c1-4-28(17-20(2)3)24(29)22-19-30-23(25-22)18-27-15-13-26(14-16-27)12-8-11-21-9-6-5-7-10-21/h5-11,19H,2,4,12-18H2,1,3H3. The molecule has 0 bridgehead atoms. The summed E-state index contributed by atoms with van der Waals surface area (Å²) in [6.45, 7) is 14.4. The fourth-order valence-electron chi connectivity index (χ4n) is 3.52. The number of benzene rings is 1. The molecule has 6 heteroatoms. The van der Waals surface area contributed by atoms with Gasteiger partial charge in [0.15, 0.2) is 5.69 Å². The van der Waals surface area contributed by atoms with Gasteiger partial charge in [-0.25, -0.2) is 4.98 Å². The second-order valence-electron chi connectivity index (χ2n) is 7.79. The maximum Gasteiger partial charge on any atom is 0.276 e. The zero-order chi connectivity index (χ0) is 21.3. The Morgan fingerprint density at radius 2 is 1.90 bits per heavy atom. The number of rotatable bonds is 9. The van der Waals surface area contributed by atoms with Crippen molar-refractivity contribution in [1.82, 2.24) is 19.7 Å². The van der Waals surface area contributed by atoms with Crippen molar-refractivity contribution < 1.29 is 9.21 Å². The molecular weight excluding hydrogens is 376 g/mol. The smallest absolute Gasteiger partial charge is 0.276 e. The second kappa shape index (κ2) is 10.9. The van der Waals surface area contributed by atoms with Gasteiger partial charge in [-0.15, -0.1) is 0 Å². The number of carbonyl (C=O) groups is 1. The van der Waals surface area contributed by atoms with Crippen LogP contribution in [0.25, 0.3) is 6.08 Å². The molecule has 1 aliphatic heterocycles. The topological polar surface area (TPSA) is 52.8 Å². The van der Waals surface area contributed by atoms with Gasteiger partial charge in [0.25, 0.3) is 5.91 Å². The van der Waals surface area contributed by atoms with Crippen LogP contribution in [-0.4, -0.2) is 71.4 Å². The van der Waals surface area contributed by atoms with Crippen molar-refractivity contribution in [3.63, 3.8) is 0 Å². The molecular formula is C24H32N4O2. The number of nitrogens with zero attached hydrogens (tertiary/aromatic N) is 4. The van der Waals surface area contributed by atoms with Gasteiger partial charge in [-0.2, -0.15) is 0 Å². The van der Waals surface area contributed by atoms with Crippen LogP contribution < -0.4 is 0 Å². The highest BCUT2D eigenvalue weighted by Gasteiger charge is 2.21. The Labute approximate surface area is 179 Å². The molecule has 2 aromatic rings. The quantitative estimate of drug-likeness (QED) is 0.594. The molecule has 0 aliphatic carbocycles. The Morgan fingerprint density at radius 1 is 1.20 bits per heavy atom. The van der Waals surface area contributed by atoms with Crippen molar-refractivity contribution in [2.45, 2.75) is 20.4 Å². The zero-order valence-electron chi connectivity index (χ0n) is 18.1. The molecule has 1 aliphatic rings. The molecule has 0 saturated carbocycles. The van der Waals surface area contributed by atoms with Crippen LogP contribution in [0.5, 0.6) is 0 Å². The minimum Gasteiger partial charge on any atom is -0.447 e. The first-order valence-corrected chi connectivity index (χ1v) is 10.6. The van der Waals surface area contributed by atoms with E-state index in [4.69, 9.17) is 4.42 Å². The highest BCUT2D eigenvalue weighted by molar-refractivity contribution is 5.92. The molecule has 1 saturated heterocycles. The fraction of sp³-hybridized carbons (Fsp3) is 0.417. The van der Waals surface area contributed by atoms with E-state index in [2.05, 4.69) is 57.8 Å². The van der Waals surface area contributed by atoms with Gasteiger partial charge in [-0.1, -0.05) is 54.6 Å². The lowest BCUT2D eigenvalue weighted by atomic mass is 10.2. The van der Waals surface area contributed by atoms with Gasteiger partial charge < -0.3 is 9.32 Å². The van der Waals surface area contributed by atoms with E-state index in [9.17, 15) is 4.79 Å². The van der Waals surface area contributed by atoms with Gasteiger partial charge in [-0.05, 0) is 19.4 Å². The van der Waals surface area contributed by atoms with E-state index in [-0.39, 0.29) is 5.91 Å². The molecule has 1 amide bonds. The molecule has 1 aromatic heterocycles. The van der Waals surface area contributed by atoms with Crippen LogP contribution in [0, 0.1) is 0 Å². The molecule has 0 N–H and O–H groups in total. The van der Waals surface area contributed by atoms with Gasteiger partial charge in [0.05, 0.1) is 6.54 Å². The summed E-state index contributed by atoms with van der Waals surface area (Å²) >= 11 is 0. The minimum absolute atomic E-state index is 0.106. The van der Waals surface area contributed by atoms with Crippen LogP contribution in [-0.2, 0) is 6.54 Å². The molecule has 30 heavy (non-hydrogen) atoms. The Kier molecular flexibility index (Phi) is 7.99. The fourth-order valence-corrected chi connectivity index (χ4v) is 3.52. The lowest BCUT2D eigenvalue weighted by Gasteiger charge is -2.33. The van der Waals surface area contributed by atoms with Crippen molar-refractivity contribution in [2.24, 2.45) is 0 Å². The van der Waals surface area contributed by atoms with Crippen molar-refractivity contribution in [1.29, 1.82) is 0 Å². The summed E-state index contributed by atoms with van der Waals surface area (Å²) in [4.78, 5) is 23.5. The number of piperazine rings is 1. The second-order valence-corrected chi connectivity index (χ2v) is 7.79. The lowest BCUT2D eigenvalue weighted by molar-refractivity contribution is 0.0772. The molecule has 1 fully saturated rings. The molecule has 6 nitrogen and oxygen atoms in total. The number of amides is 1. The number of likely N-dealkylation sites (N-methyl/N-ethyl adjacent to an activating group) is 1. The summed E-state index contributed by atoms with van der Waals surface area (Å²) in [5.41, 5.74) is 2.55. The molecule has 0 spiro atoms. The number of aromatic nitrogens is 1. The molecule has 0 atom stereocenters. The predicted octanol–water partition coefficient (Wildman–Crippen LogP) is 3.54. The third-order valence-electron chi connectivity index (χ3n) is 5.20. The highest BCUT2D eigenvalue weighted by atomic mass is 16.3. The van der Waals surface area contributed by atoms with Gasteiger partial charge >= 0.3 is 0 Å². The van der Waals surface area contributed by atoms with Gasteiger partial charge in [0, 0.05) is 45.8 Å². The average Bonchev–Trinajstić information content (AvgIpc) is 3.22. The molecule has 0 unspecified atom stereocenters. The normalized spacial score (nSPS) is 15.5. The summed E-state index contributed by atoms with van der Waals surface area (Å²) in [6, 6.07) is 10.4. The Morgan fingerprint density at radius 3 is 2.57 bits per heavy atom. The molecule has 1 aromatic carbocycles. The number of oxazole rings is 1. The summed E-state index contributed by atoms with van der Waals surface area (Å²) in [7, 11) is 0. The van der Waals surface area contributed by atoms with E-state index >= 15 is 0 Å². The molecule has 2 heterocycles. The summed E-state index contributed by atoms with van der Waals surface area (Å²) in [6.07, 6.45) is 5.87. The van der Waals surface area contributed by atoms with Crippen LogP contribution in [0.3, 0.4) is 0 Å². The first kappa shape index (κ1) is 22.0. The van der Waals surface area contributed by atoms with Crippen LogP contribution in [0.2, 0.25) is 0 Å². The van der Waals surface area contributed by atoms with Crippen molar-refractivity contribution in [3.8, 4) is 0 Å². The van der Waals surface area contributed by atoms with E-state index < -0.39 is 0 Å². The Bertz CT molecular complexity index is 851. The van der Waals surface area contributed by atoms with E-state index in [1.165, 1.54) is 11.8 Å². The van der Waals surface area contributed by atoms with Gasteiger partial charge in [-0.3, -0.25) is 14.6 Å². The summed E-state index contributed by atoms with van der Waals surface area (Å²) in [5, 5.41) is 0. The van der Waals surface area contributed by atoms with Crippen molar-refractivity contribution in [2.75, 3.05) is 45.8 Å². The molecule has 160 valence electrons. The lowest BCUT2D eigenvalue weighted by Crippen LogP contribution is -2.45. The molecule has 3 rings (SSSR count). The Hall–Kier alpha value is -2.70. The number of carbonyl (C=O) groups excluding carboxylic acids is 1. The third-order valence-corrected chi connectivity index (χ3v) is 5.20. The number of hydrogen-bond acceptors (Lipinski definition) is 5. The minimum atomic E-state index is -0.106. The van der Waals surface area contributed by atoms with Gasteiger partial charge in [0.1, 0.15) is 6.26 Å². The maximum absolute atomic E-state index is 12.6. The largest absolute Gasteiger partial charge is 0.447 e. The van der Waals surface area contributed by atoms with Crippen molar-refractivity contribution >= 4 is 12.0 Å². The van der Waals surface area contributed by atoms with E-state index in [1.54, 1.807) is 4.90 Å². The van der Waals surface area contributed by atoms with Crippen molar-refractivity contribution in [3.05, 3.63) is 72.0 Å². The Balaban J connectivity index is 1.44. The van der Waals surface area contributed by atoms with E-state index in [1.807, 2.05) is 19.9 Å². The average molecular weight is 409 g/mol. The van der Waals surface area contributed by atoms with Crippen LogP contribution in [0.1, 0.15) is 35.8 Å². The van der Waals surface area contributed by atoms with E-state index in [0.717, 1.165) is 38.3 Å². The summed E-state index contributed by atoms with van der Waals surface area (Å²) in [5.74, 6) is 0.493.